The lowest BCUT2D eigenvalue weighted by atomic mass is 10.0. The molecular weight excluding hydrogens is 524 g/mol. The predicted molar refractivity (Wildman–Crippen MR) is 132 cm³/mol. The number of carbonyl (C=O) groups is 2. The van der Waals surface area contributed by atoms with Crippen molar-refractivity contribution in [2.24, 2.45) is 0 Å². The Hall–Kier alpha value is -4.52. The van der Waals surface area contributed by atoms with E-state index >= 15 is 4.39 Å². The van der Waals surface area contributed by atoms with Crippen LogP contribution in [0.4, 0.5) is 13.6 Å². The standard InChI is InChI=1S/C24H22ClF2N7O4/c1-4-33(31-23(35)19-11-20(37-3)32-38-19)24(36)30-13(2)21-17(26)8-14(12-28-21)16-9-15(25)10-18(27)22(16)34-7-5-6-29-34/h5-13H,4H2,1-3H3,(H,30,36)(H,31,35)/t13-/m1/s1. The second-order valence-corrected chi connectivity index (χ2v) is 8.35. The quantitative estimate of drug-likeness (QED) is 0.331. The lowest BCUT2D eigenvalue weighted by molar-refractivity contribution is 0.0791. The minimum atomic E-state index is -0.894. The second kappa shape index (κ2) is 11.3. The van der Waals surface area contributed by atoms with Crippen molar-refractivity contribution < 1.29 is 27.6 Å². The van der Waals surface area contributed by atoms with Gasteiger partial charge < -0.3 is 14.6 Å². The van der Waals surface area contributed by atoms with Gasteiger partial charge in [0.2, 0.25) is 5.76 Å². The van der Waals surface area contributed by atoms with Gasteiger partial charge in [-0.15, -0.1) is 0 Å². The zero-order chi connectivity index (χ0) is 27.4. The summed E-state index contributed by atoms with van der Waals surface area (Å²) in [5.41, 5.74) is 2.90. The number of ether oxygens (including phenoxy) is 1. The Labute approximate surface area is 220 Å². The Balaban J connectivity index is 1.52. The molecule has 0 spiro atoms. The van der Waals surface area contributed by atoms with E-state index in [2.05, 4.69) is 26.0 Å². The number of hydrogen-bond acceptors (Lipinski definition) is 7. The first kappa shape index (κ1) is 26.5. The van der Waals surface area contributed by atoms with E-state index < -0.39 is 29.6 Å². The molecular formula is C24H22ClF2N7O4. The van der Waals surface area contributed by atoms with E-state index in [1.165, 1.54) is 49.3 Å². The molecule has 2 N–H and O–H groups in total. The molecule has 1 aromatic carbocycles. The molecule has 14 heteroatoms. The van der Waals surface area contributed by atoms with Crippen LogP contribution in [0.5, 0.6) is 5.88 Å². The molecule has 38 heavy (non-hydrogen) atoms. The summed E-state index contributed by atoms with van der Waals surface area (Å²) in [5.74, 6) is -2.20. The number of nitrogens with zero attached hydrogens (tertiary/aromatic N) is 5. The highest BCUT2D eigenvalue weighted by molar-refractivity contribution is 6.31. The first-order valence-electron chi connectivity index (χ1n) is 11.3. The monoisotopic (exact) mass is 545 g/mol. The number of methoxy groups -OCH3 is 1. The van der Waals surface area contributed by atoms with Crippen LogP contribution in [0.15, 0.2) is 53.4 Å². The Morgan fingerprint density at radius 1 is 1.24 bits per heavy atom. The van der Waals surface area contributed by atoms with Crippen molar-refractivity contribution in [2.75, 3.05) is 13.7 Å². The van der Waals surface area contributed by atoms with Crippen molar-refractivity contribution in [3.8, 4) is 22.7 Å². The summed E-state index contributed by atoms with van der Waals surface area (Å²) in [6.45, 7) is 3.23. The number of hydrazine groups is 1. The molecule has 1 atom stereocenters. The van der Waals surface area contributed by atoms with Gasteiger partial charge in [-0.3, -0.25) is 15.2 Å². The van der Waals surface area contributed by atoms with Gasteiger partial charge in [0, 0.05) is 41.3 Å². The number of carbonyl (C=O) groups excluding carboxylic acids is 2. The number of halogens is 3. The van der Waals surface area contributed by atoms with Crippen molar-refractivity contribution in [3.05, 3.63) is 77.0 Å². The summed E-state index contributed by atoms with van der Waals surface area (Å²) in [5, 5.41) is 11.3. The first-order chi connectivity index (χ1) is 18.2. The summed E-state index contributed by atoms with van der Waals surface area (Å²) in [6.07, 6.45) is 4.37. The second-order valence-electron chi connectivity index (χ2n) is 7.92. The van der Waals surface area contributed by atoms with E-state index in [9.17, 15) is 14.0 Å². The van der Waals surface area contributed by atoms with E-state index in [0.29, 0.717) is 0 Å². The lowest BCUT2D eigenvalue weighted by Gasteiger charge is -2.24. The molecule has 3 aromatic heterocycles. The highest BCUT2D eigenvalue weighted by Gasteiger charge is 2.23. The van der Waals surface area contributed by atoms with E-state index in [-0.39, 0.29) is 45.7 Å². The van der Waals surface area contributed by atoms with Crippen LogP contribution in [0.2, 0.25) is 5.02 Å². The van der Waals surface area contributed by atoms with Crippen molar-refractivity contribution >= 4 is 23.5 Å². The Morgan fingerprint density at radius 3 is 2.66 bits per heavy atom. The van der Waals surface area contributed by atoms with Gasteiger partial charge in [-0.25, -0.2) is 23.3 Å². The van der Waals surface area contributed by atoms with Crippen LogP contribution in [0.3, 0.4) is 0 Å². The van der Waals surface area contributed by atoms with Crippen LogP contribution in [0, 0.1) is 11.6 Å². The molecule has 0 saturated heterocycles. The molecule has 4 aromatic rings. The minimum absolute atomic E-state index is 0.0763. The molecule has 0 radical (unpaired) electrons. The van der Waals surface area contributed by atoms with Crippen molar-refractivity contribution in [1.82, 2.24) is 35.7 Å². The predicted octanol–water partition coefficient (Wildman–Crippen LogP) is 4.30. The van der Waals surface area contributed by atoms with Crippen LogP contribution < -0.4 is 15.5 Å². The highest BCUT2D eigenvalue weighted by Crippen LogP contribution is 2.32. The molecule has 3 heterocycles. The van der Waals surface area contributed by atoms with E-state index in [1.54, 1.807) is 19.2 Å². The molecule has 0 aliphatic heterocycles. The molecule has 0 unspecified atom stereocenters. The summed E-state index contributed by atoms with van der Waals surface area (Å²) < 4.78 is 41.0. The maximum Gasteiger partial charge on any atom is 0.336 e. The molecule has 3 amide bonds. The zero-order valence-electron chi connectivity index (χ0n) is 20.4. The number of hydrogen-bond donors (Lipinski definition) is 2. The van der Waals surface area contributed by atoms with Gasteiger partial charge >= 0.3 is 11.9 Å². The fourth-order valence-corrected chi connectivity index (χ4v) is 3.78. The number of aromatic nitrogens is 4. The molecule has 198 valence electrons. The molecule has 0 aliphatic rings. The van der Waals surface area contributed by atoms with Crippen molar-refractivity contribution in [3.63, 3.8) is 0 Å². The summed E-state index contributed by atoms with van der Waals surface area (Å²) in [7, 11) is 1.36. The summed E-state index contributed by atoms with van der Waals surface area (Å²) in [6, 6.07) is 5.05. The van der Waals surface area contributed by atoms with E-state index in [1.807, 2.05) is 0 Å². The Morgan fingerprint density at radius 2 is 2.03 bits per heavy atom. The molecule has 0 fully saturated rings. The topological polar surface area (TPSA) is 127 Å². The molecule has 0 aliphatic carbocycles. The number of rotatable bonds is 7. The maximum absolute atomic E-state index is 15.2. The van der Waals surface area contributed by atoms with Crippen LogP contribution in [-0.2, 0) is 0 Å². The summed E-state index contributed by atoms with van der Waals surface area (Å²) in [4.78, 5) is 29.3. The fourth-order valence-electron chi connectivity index (χ4n) is 3.58. The normalized spacial score (nSPS) is 11.6. The number of pyridine rings is 1. The number of urea groups is 1. The van der Waals surface area contributed by atoms with Crippen LogP contribution in [0.25, 0.3) is 16.8 Å². The van der Waals surface area contributed by atoms with Crippen LogP contribution in [-0.4, -0.2) is 50.5 Å². The van der Waals surface area contributed by atoms with Gasteiger partial charge in [0.25, 0.3) is 5.88 Å². The number of amides is 3. The van der Waals surface area contributed by atoms with Gasteiger partial charge in [0.15, 0.2) is 5.82 Å². The Bertz CT molecular complexity index is 1460. The summed E-state index contributed by atoms with van der Waals surface area (Å²) >= 11 is 6.06. The van der Waals surface area contributed by atoms with Crippen LogP contribution in [0.1, 0.15) is 36.1 Å². The van der Waals surface area contributed by atoms with Gasteiger partial charge in [0.05, 0.1) is 24.9 Å². The fraction of sp³-hybridized carbons (Fsp3) is 0.208. The average Bonchev–Trinajstić information content (AvgIpc) is 3.59. The molecule has 0 saturated carbocycles. The van der Waals surface area contributed by atoms with Crippen molar-refractivity contribution in [1.29, 1.82) is 0 Å². The minimum Gasteiger partial charge on any atom is -0.479 e. The maximum atomic E-state index is 15.2. The number of nitrogens with one attached hydrogen (secondary N) is 2. The first-order valence-corrected chi connectivity index (χ1v) is 11.6. The molecule has 4 rings (SSSR count). The third-order valence-corrected chi connectivity index (χ3v) is 5.63. The smallest absolute Gasteiger partial charge is 0.336 e. The van der Waals surface area contributed by atoms with E-state index in [0.717, 1.165) is 11.1 Å². The largest absolute Gasteiger partial charge is 0.479 e. The molecule has 0 bridgehead atoms. The Kier molecular flexibility index (Phi) is 7.86. The zero-order valence-corrected chi connectivity index (χ0v) is 21.2. The van der Waals surface area contributed by atoms with Gasteiger partial charge in [0.1, 0.15) is 11.5 Å². The third-order valence-electron chi connectivity index (χ3n) is 5.41. The van der Waals surface area contributed by atoms with Gasteiger partial charge in [-0.2, -0.15) is 5.10 Å². The highest BCUT2D eigenvalue weighted by atomic mass is 35.5. The van der Waals surface area contributed by atoms with Crippen LogP contribution >= 0.6 is 11.6 Å². The van der Waals surface area contributed by atoms with Crippen molar-refractivity contribution in [2.45, 2.75) is 19.9 Å². The molecule has 11 nitrogen and oxygen atoms in total. The number of benzene rings is 1. The average molecular weight is 546 g/mol. The van der Waals surface area contributed by atoms with E-state index in [4.69, 9.17) is 20.9 Å². The SMILES string of the molecule is CCN(NC(=O)c1cc(OC)no1)C(=O)N[C@H](C)c1ncc(-c2cc(Cl)cc(F)c2-n2cccn2)cc1F. The van der Waals surface area contributed by atoms with Gasteiger partial charge in [-0.1, -0.05) is 11.6 Å². The third kappa shape index (κ3) is 5.57. The van der Waals surface area contributed by atoms with Gasteiger partial charge in [-0.05, 0) is 43.3 Å². The lowest BCUT2D eigenvalue weighted by Crippen LogP contribution is -2.51.